The lowest BCUT2D eigenvalue weighted by molar-refractivity contribution is 0.125. The molecule has 2 N–H and O–H groups in total. The molecule has 8 nitrogen and oxygen atoms in total. The summed E-state index contributed by atoms with van der Waals surface area (Å²) in [6.45, 7) is 3.35. The van der Waals surface area contributed by atoms with E-state index in [9.17, 15) is 15.0 Å². The number of carbonyl (C=O) groups is 1. The molecule has 37 heavy (non-hydrogen) atoms. The van der Waals surface area contributed by atoms with Gasteiger partial charge in [0.1, 0.15) is 0 Å². The number of piperidine rings is 1. The van der Waals surface area contributed by atoms with Crippen LogP contribution in [-0.2, 0) is 19.4 Å². The van der Waals surface area contributed by atoms with Gasteiger partial charge in [-0.1, -0.05) is 30.3 Å². The summed E-state index contributed by atoms with van der Waals surface area (Å²) >= 11 is 0. The summed E-state index contributed by atoms with van der Waals surface area (Å²) < 4.78 is 6.93. The monoisotopic (exact) mass is 504 g/mol. The summed E-state index contributed by atoms with van der Waals surface area (Å²) in [6.07, 6.45) is 7.69. The molecule has 1 aromatic carbocycles. The fraction of sp³-hybridized carbons (Fsp3) is 0.448. The molecule has 0 bridgehead atoms. The fourth-order valence-corrected chi connectivity index (χ4v) is 5.51. The Balaban J connectivity index is 1.10. The van der Waals surface area contributed by atoms with Crippen LogP contribution in [0, 0.1) is 5.92 Å². The van der Waals surface area contributed by atoms with Crippen molar-refractivity contribution in [2.45, 2.75) is 51.5 Å². The molecule has 0 atom stereocenters. The van der Waals surface area contributed by atoms with Gasteiger partial charge in [-0.05, 0) is 76.1 Å². The smallest absolute Gasteiger partial charge is 0.416 e. The molecular weight excluding hydrogens is 468 g/mol. The Hall–Kier alpha value is -3.52. The zero-order valence-electron chi connectivity index (χ0n) is 21.5. The Labute approximate surface area is 218 Å². The molecule has 2 aliphatic rings. The van der Waals surface area contributed by atoms with Gasteiger partial charge < -0.3 is 24.7 Å². The molecule has 2 aromatic heterocycles. The van der Waals surface area contributed by atoms with Gasteiger partial charge in [-0.3, -0.25) is 0 Å². The highest BCUT2D eigenvalue weighted by Gasteiger charge is 2.26. The number of aromatic nitrogens is 2. The highest BCUT2D eigenvalue weighted by atomic mass is 16.6. The quantitative estimate of drug-likeness (QED) is 0.476. The van der Waals surface area contributed by atoms with Crippen LogP contribution in [0.4, 0.5) is 4.79 Å². The lowest BCUT2D eigenvalue weighted by Crippen LogP contribution is -2.40. The van der Waals surface area contributed by atoms with E-state index in [1.54, 1.807) is 17.0 Å². The molecule has 1 amide bonds. The molecule has 3 heterocycles. The first-order chi connectivity index (χ1) is 18.0. The van der Waals surface area contributed by atoms with Gasteiger partial charge in [0.25, 0.3) is 0 Å². The molecule has 1 aliphatic heterocycles. The highest BCUT2D eigenvalue weighted by Crippen LogP contribution is 2.40. The lowest BCUT2D eigenvalue weighted by Gasteiger charge is -2.32. The molecule has 0 spiro atoms. The first-order valence-electron chi connectivity index (χ1n) is 13.3. The number of ether oxygens (including phenoxy) is 1. The highest BCUT2D eigenvalue weighted by molar-refractivity contribution is 5.70. The van der Waals surface area contributed by atoms with Crippen molar-refractivity contribution in [1.82, 2.24) is 19.4 Å². The number of hydrogen-bond donors (Lipinski definition) is 2. The molecule has 196 valence electrons. The van der Waals surface area contributed by atoms with Crippen molar-refractivity contribution in [3.8, 4) is 23.3 Å². The van der Waals surface area contributed by atoms with E-state index in [0.717, 1.165) is 69.2 Å². The molecule has 3 aromatic rings. The van der Waals surface area contributed by atoms with Crippen LogP contribution in [0.2, 0.25) is 0 Å². The van der Waals surface area contributed by atoms with Crippen LogP contribution in [0.3, 0.4) is 0 Å². The third-order valence-electron chi connectivity index (χ3n) is 7.69. The molecule has 8 heteroatoms. The van der Waals surface area contributed by atoms with Gasteiger partial charge >= 0.3 is 6.09 Å². The number of carbonyl (C=O) groups excluding carboxylic acids is 1. The predicted octanol–water partition coefficient (Wildman–Crippen LogP) is 4.90. The van der Waals surface area contributed by atoms with Crippen molar-refractivity contribution in [3.63, 3.8) is 0 Å². The number of likely N-dealkylation sites (tertiary alicyclic amines) is 1. The van der Waals surface area contributed by atoms with Crippen LogP contribution in [0.15, 0.2) is 48.7 Å². The number of hydrogen-bond acceptors (Lipinski definition) is 6. The summed E-state index contributed by atoms with van der Waals surface area (Å²) in [7, 11) is 2.16. The maximum absolute atomic E-state index is 12.7. The van der Waals surface area contributed by atoms with Crippen molar-refractivity contribution in [2.75, 3.05) is 26.7 Å². The Morgan fingerprint density at radius 2 is 1.70 bits per heavy atom. The second-order valence-corrected chi connectivity index (χ2v) is 10.3. The molecule has 0 radical (unpaired) electrons. The molecule has 5 rings (SSSR count). The first kappa shape index (κ1) is 25.1. The average molecular weight is 505 g/mol. The number of rotatable bonds is 7. The Morgan fingerprint density at radius 3 is 2.32 bits per heavy atom. The SMILES string of the molecule is CN(CCC1CCN(C(=O)Oc2ccc(-n3c(O)c4c(c3O)CCCC4)cn2)CC1)Cc1ccccc1. The van der Waals surface area contributed by atoms with E-state index in [-0.39, 0.29) is 23.7 Å². The van der Waals surface area contributed by atoms with Crippen molar-refractivity contribution < 1.29 is 19.7 Å². The molecule has 0 unspecified atom stereocenters. The first-order valence-corrected chi connectivity index (χ1v) is 13.3. The second kappa shape index (κ2) is 11.3. The van der Waals surface area contributed by atoms with E-state index in [4.69, 9.17) is 4.74 Å². The minimum Gasteiger partial charge on any atom is -0.494 e. The van der Waals surface area contributed by atoms with Crippen molar-refractivity contribution in [1.29, 1.82) is 0 Å². The predicted molar refractivity (Wildman–Crippen MR) is 141 cm³/mol. The van der Waals surface area contributed by atoms with Crippen molar-refractivity contribution >= 4 is 6.09 Å². The molecular formula is C29H36N4O4. The van der Waals surface area contributed by atoms with Gasteiger partial charge in [-0.25, -0.2) is 14.3 Å². The normalized spacial score (nSPS) is 16.1. The van der Waals surface area contributed by atoms with Crippen molar-refractivity contribution in [3.05, 3.63) is 65.4 Å². The van der Waals surface area contributed by atoms with E-state index in [1.165, 1.54) is 16.3 Å². The van der Waals surface area contributed by atoms with Crippen LogP contribution in [0.25, 0.3) is 5.69 Å². The van der Waals surface area contributed by atoms with E-state index in [2.05, 4.69) is 41.2 Å². The Morgan fingerprint density at radius 1 is 1.03 bits per heavy atom. The van der Waals surface area contributed by atoms with Gasteiger partial charge in [-0.2, -0.15) is 0 Å². The third-order valence-corrected chi connectivity index (χ3v) is 7.69. The van der Waals surface area contributed by atoms with E-state index < -0.39 is 0 Å². The van der Waals surface area contributed by atoms with E-state index in [0.29, 0.717) is 24.7 Å². The fourth-order valence-electron chi connectivity index (χ4n) is 5.51. The van der Waals surface area contributed by atoms with Crippen LogP contribution in [-0.4, -0.2) is 62.3 Å². The molecule has 1 fully saturated rings. The zero-order chi connectivity index (χ0) is 25.8. The van der Waals surface area contributed by atoms with E-state index >= 15 is 0 Å². The molecule has 0 saturated carbocycles. The standard InChI is InChI=1S/C29H36N4O4/c1-31(20-22-7-3-2-4-8-22)16-13-21-14-17-32(18-15-21)29(36)37-26-12-11-23(19-30-26)33-27(34)24-9-5-6-10-25(24)28(33)35/h2-4,7-8,11-12,19,21,34-35H,5-6,9-10,13-18,20H2,1H3. The summed E-state index contributed by atoms with van der Waals surface area (Å²) in [6, 6.07) is 13.8. The van der Waals surface area contributed by atoms with Gasteiger partial charge in [0, 0.05) is 36.8 Å². The number of amides is 1. The minimum atomic E-state index is -0.387. The van der Waals surface area contributed by atoms with Crippen LogP contribution in [0.5, 0.6) is 17.6 Å². The van der Waals surface area contributed by atoms with Gasteiger partial charge in [0.2, 0.25) is 17.6 Å². The molecule has 1 aliphatic carbocycles. The number of pyridine rings is 1. The third kappa shape index (κ3) is 5.74. The minimum absolute atomic E-state index is 0.0628. The van der Waals surface area contributed by atoms with Gasteiger partial charge in [-0.15, -0.1) is 0 Å². The summed E-state index contributed by atoms with van der Waals surface area (Å²) in [5.74, 6) is 0.933. The largest absolute Gasteiger partial charge is 0.494 e. The van der Waals surface area contributed by atoms with Gasteiger partial charge in [0.15, 0.2) is 0 Å². The summed E-state index contributed by atoms with van der Waals surface area (Å²) in [5.41, 5.74) is 3.48. The molecule has 1 saturated heterocycles. The maximum Gasteiger partial charge on any atom is 0.416 e. The average Bonchev–Trinajstić information content (AvgIpc) is 3.18. The van der Waals surface area contributed by atoms with Crippen molar-refractivity contribution in [2.24, 2.45) is 5.92 Å². The number of nitrogens with zero attached hydrogens (tertiary/aromatic N) is 4. The maximum atomic E-state index is 12.7. The van der Waals surface area contributed by atoms with Crippen LogP contribution < -0.4 is 4.74 Å². The number of benzene rings is 1. The topological polar surface area (TPSA) is 91.1 Å². The Bertz CT molecular complexity index is 1170. The zero-order valence-corrected chi connectivity index (χ0v) is 21.5. The number of fused-ring (bicyclic) bond motifs is 1. The van der Waals surface area contributed by atoms with Crippen LogP contribution in [0.1, 0.15) is 48.8 Å². The Kier molecular flexibility index (Phi) is 7.65. The lowest BCUT2D eigenvalue weighted by atomic mass is 9.93. The summed E-state index contributed by atoms with van der Waals surface area (Å²) in [4.78, 5) is 21.1. The second-order valence-electron chi connectivity index (χ2n) is 10.3. The van der Waals surface area contributed by atoms with E-state index in [1.807, 2.05) is 6.07 Å². The summed E-state index contributed by atoms with van der Waals surface area (Å²) in [5, 5.41) is 21.3. The van der Waals surface area contributed by atoms with Crippen LogP contribution >= 0.6 is 0 Å². The number of aromatic hydroxyl groups is 2. The van der Waals surface area contributed by atoms with Gasteiger partial charge in [0.05, 0.1) is 11.9 Å².